The number of methoxy groups -OCH3 is 1. The minimum atomic E-state index is -0.592. The van der Waals surface area contributed by atoms with Gasteiger partial charge in [-0.1, -0.05) is 0 Å². The molecule has 0 saturated carbocycles. The fraction of sp³-hybridized carbons (Fsp3) is 0.174. The van der Waals surface area contributed by atoms with Crippen molar-refractivity contribution in [2.45, 2.75) is 20.0 Å². The van der Waals surface area contributed by atoms with Crippen molar-refractivity contribution in [3.8, 4) is 5.75 Å². The third-order valence-corrected chi connectivity index (χ3v) is 4.39. The Kier molecular flexibility index (Phi) is 5.89. The van der Waals surface area contributed by atoms with Gasteiger partial charge in [0.25, 0.3) is 0 Å². The molecule has 2 aromatic heterocycles. The highest BCUT2D eigenvalue weighted by Crippen LogP contribution is 2.26. The van der Waals surface area contributed by atoms with Crippen molar-refractivity contribution in [2.24, 2.45) is 0 Å². The van der Waals surface area contributed by atoms with Gasteiger partial charge in [0, 0.05) is 16.8 Å². The Balaban J connectivity index is 1.51. The number of nitrogens with one attached hydrogen (secondary N) is 2. The van der Waals surface area contributed by atoms with E-state index in [0.29, 0.717) is 22.3 Å². The normalized spacial score (nSPS) is 10.9. The van der Waals surface area contributed by atoms with Crippen LogP contribution >= 0.6 is 0 Å². The molecule has 0 aliphatic heterocycles. The average Bonchev–Trinajstić information content (AvgIpc) is 3.20. The van der Waals surface area contributed by atoms with Crippen molar-refractivity contribution in [3.05, 3.63) is 66.3 Å². The monoisotopic (exact) mass is 436 g/mol. The first-order valence-corrected chi connectivity index (χ1v) is 9.86. The molecular formula is C23H21FN4O4. The summed E-state index contributed by atoms with van der Waals surface area (Å²) in [6.45, 7) is 3.89. The van der Waals surface area contributed by atoms with Gasteiger partial charge in [0.15, 0.2) is 11.6 Å². The molecule has 0 bridgehead atoms. The Bertz CT molecular complexity index is 1250. The van der Waals surface area contributed by atoms with Crippen LogP contribution in [0.5, 0.6) is 5.75 Å². The van der Waals surface area contributed by atoms with E-state index in [1.165, 1.54) is 7.11 Å². The van der Waals surface area contributed by atoms with Gasteiger partial charge >= 0.3 is 5.97 Å². The fourth-order valence-corrected chi connectivity index (χ4v) is 2.99. The van der Waals surface area contributed by atoms with Crippen LogP contribution < -0.4 is 15.4 Å². The van der Waals surface area contributed by atoms with Crippen molar-refractivity contribution in [1.29, 1.82) is 0 Å². The van der Waals surface area contributed by atoms with Crippen molar-refractivity contribution in [1.82, 2.24) is 9.97 Å². The second kappa shape index (κ2) is 8.93. The number of aromatic nitrogens is 2. The van der Waals surface area contributed by atoms with Crippen molar-refractivity contribution >= 4 is 40.1 Å². The molecule has 32 heavy (non-hydrogen) atoms. The Morgan fingerprint density at radius 2 is 1.81 bits per heavy atom. The van der Waals surface area contributed by atoms with E-state index in [9.17, 15) is 9.18 Å². The maximum absolute atomic E-state index is 14.3. The highest BCUT2D eigenvalue weighted by molar-refractivity contribution is 5.93. The Hall–Kier alpha value is -4.14. The number of anilines is 4. The molecule has 0 saturated heterocycles. The van der Waals surface area contributed by atoms with Crippen molar-refractivity contribution in [2.75, 3.05) is 17.7 Å². The van der Waals surface area contributed by atoms with Crippen LogP contribution in [0, 0.1) is 5.82 Å². The summed E-state index contributed by atoms with van der Waals surface area (Å²) in [5, 5.41) is 6.66. The number of halogens is 1. The molecule has 4 aromatic rings. The lowest BCUT2D eigenvalue weighted by Gasteiger charge is -2.12. The summed E-state index contributed by atoms with van der Waals surface area (Å²) in [4.78, 5) is 19.9. The number of fused-ring (bicyclic) bond motifs is 1. The molecule has 0 unspecified atom stereocenters. The van der Waals surface area contributed by atoms with Crippen LogP contribution in [0.25, 0.3) is 11.0 Å². The molecule has 2 N–H and O–H groups in total. The number of benzene rings is 2. The number of rotatable bonds is 7. The number of esters is 1. The first kappa shape index (κ1) is 21.1. The summed E-state index contributed by atoms with van der Waals surface area (Å²) in [6.07, 6.45) is 1.15. The molecule has 0 amide bonds. The van der Waals surface area contributed by atoms with E-state index in [1.54, 1.807) is 48.5 Å². The van der Waals surface area contributed by atoms with Crippen LogP contribution in [0.2, 0.25) is 0 Å². The minimum absolute atomic E-state index is 0.0254. The first-order valence-electron chi connectivity index (χ1n) is 9.86. The first-order chi connectivity index (χ1) is 15.4. The lowest BCUT2D eigenvalue weighted by Crippen LogP contribution is -2.05. The van der Waals surface area contributed by atoms with Gasteiger partial charge in [-0.05, 0) is 62.4 Å². The maximum Gasteiger partial charge on any atom is 0.373 e. The zero-order valence-corrected chi connectivity index (χ0v) is 17.7. The molecule has 0 radical (unpaired) electrons. The average molecular weight is 436 g/mol. The lowest BCUT2D eigenvalue weighted by atomic mass is 10.2. The van der Waals surface area contributed by atoms with Crippen LogP contribution in [0.4, 0.5) is 27.5 Å². The predicted molar refractivity (Wildman–Crippen MR) is 118 cm³/mol. The van der Waals surface area contributed by atoms with Crippen LogP contribution in [-0.2, 0) is 4.74 Å². The number of furan rings is 1. The van der Waals surface area contributed by atoms with E-state index >= 15 is 0 Å². The van der Waals surface area contributed by atoms with Gasteiger partial charge in [-0.2, -0.15) is 4.98 Å². The van der Waals surface area contributed by atoms with Gasteiger partial charge in [-0.25, -0.2) is 14.2 Å². The largest absolute Gasteiger partial charge is 0.491 e. The van der Waals surface area contributed by atoms with E-state index in [1.807, 2.05) is 13.8 Å². The molecule has 9 heteroatoms. The topological polar surface area (TPSA) is 98.5 Å². The van der Waals surface area contributed by atoms with E-state index in [-0.39, 0.29) is 23.6 Å². The third kappa shape index (κ3) is 4.77. The third-order valence-electron chi connectivity index (χ3n) is 4.39. The molecule has 4 rings (SSSR count). The molecule has 0 atom stereocenters. The molecule has 0 spiro atoms. The summed E-state index contributed by atoms with van der Waals surface area (Å²) < 4.78 is 30.0. The molecule has 0 aliphatic rings. The van der Waals surface area contributed by atoms with Crippen LogP contribution in [0.1, 0.15) is 24.4 Å². The van der Waals surface area contributed by atoms with Gasteiger partial charge in [-0.3, -0.25) is 0 Å². The highest BCUT2D eigenvalue weighted by Gasteiger charge is 2.13. The Morgan fingerprint density at radius 3 is 2.53 bits per heavy atom. The number of nitrogens with zero attached hydrogens (tertiary/aromatic N) is 2. The molecule has 2 aromatic carbocycles. The summed E-state index contributed by atoms with van der Waals surface area (Å²) in [6, 6.07) is 13.9. The predicted octanol–water partition coefficient (Wildman–Crippen LogP) is 5.42. The number of ether oxygens (including phenoxy) is 2. The van der Waals surface area contributed by atoms with E-state index in [2.05, 4.69) is 25.3 Å². The van der Waals surface area contributed by atoms with Crippen LogP contribution in [0.15, 0.2) is 59.1 Å². The quantitative estimate of drug-likeness (QED) is 0.371. The minimum Gasteiger partial charge on any atom is -0.491 e. The number of carbonyl (C=O) groups excluding carboxylic acids is 1. The maximum atomic E-state index is 14.3. The van der Waals surface area contributed by atoms with Gasteiger partial charge in [0.1, 0.15) is 11.3 Å². The second-order valence-corrected chi connectivity index (χ2v) is 7.19. The van der Waals surface area contributed by atoms with Crippen molar-refractivity contribution in [3.63, 3.8) is 0 Å². The van der Waals surface area contributed by atoms with E-state index in [0.717, 1.165) is 11.9 Å². The summed E-state index contributed by atoms with van der Waals surface area (Å²) in [5.74, 6) is -0.0970. The highest BCUT2D eigenvalue weighted by atomic mass is 19.1. The molecular weight excluding hydrogens is 415 g/mol. The molecule has 8 nitrogen and oxygen atoms in total. The lowest BCUT2D eigenvalue weighted by molar-refractivity contribution is 0.0567. The van der Waals surface area contributed by atoms with Crippen LogP contribution in [0.3, 0.4) is 0 Å². The zero-order valence-electron chi connectivity index (χ0n) is 17.7. The number of hydrogen-bond acceptors (Lipinski definition) is 8. The summed E-state index contributed by atoms with van der Waals surface area (Å²) in [5.41, 5.74) is 1.82. The van der Waals surface area contributed by atoms with Crippen molar-refractivity contribution < 1.29 is 23.1 Å². The zero-order chi connectivity index (χ0) is 22.7. The number of hydrogen-bond donors (Lipinski definition) is 2. The molecule has 0 fully saturated rings. The standard InChI is InChI=1S/C23H21FN4O4/c1-13(2)31-17-7-4-15(5-8-17)26-21-18(24)12-25-23(28-21)27-16-6-9-19-14(10-16)11-20(32-19)22(29)30-3/h4-13H,1-3H3,(H2,25,26,27,28). The van der Waals surface area contributed by atoms with Gasteiger partial charge in [-0.15, -0.1) is 0 Å². The van der Waals surface area contributed by atoms with Gasteiger partial charge < -0.3 is 24.5 Å². The van der Waals surface area contributed by atoms with Crippen LogP contribution in [-0.4, -0.2) is 29.2 Å². The smallest absolute Gasteiger partial charge is 0.373 e. The van der Waals surface area contributed by atoms with E-state index in [4.69, 9.17) is 9.15 Å². The fourth-order valence-electron chi connectivity index (χ4n) is 2.99. The summed E-state index contributed by atoms with van der Waals surface area (Å²) >= 11 is 0. The Morgan fingerprint density at radius 1 is 1.06 bits per heavy atom. The van der Waals surface area contributed by atoms with E-state index < -0.39 is 11.8 Å². The second-order valence-electron chi connectivity index (χ2n) is 7.19. The molecule has 2 heterocycles. The van der Waals surface area contributed by atoms with Gasteiger partial charge in [0.2, 0.25) is 11.7 Å². The molecule has 164 valence electrons. The SMILES string of the molecule is COC(=O)c1cc2cc(Nc3ncc(F)c(Nc4ccc(OC(C)C)cc4)n3)ccc2o1. The number of carbonyl (C=O) groups is 1. The molecule has 0 aliphatic carbocycles. The Labute approximate surface area is 183 Å². The van der Waals surface area contributed by atoms with Gasteiger partial charge in [0.05, 0.1) is 19.4 Å². The summed E-state index contributed by atoms with van der Waals surface area (Å²) in [7, 11) is 1.29.